The quantitative estimate of drug-likeness (QED) is 0.154. The fraction of sp³-hybridized carbons (Fsp3) is 0.412. The number of ketones is 1. The molecule has 1 aliphatic rings. The van der Waals surface area contributed by atoms with Gasteiger partial charge in [-0.1, -0.05) is 30.3 Å². The van der Waals surface area contributed by atoms with Crippen molar-refractivity contribution in [3.05, 3.63) is 101 Å². The summed E-state index contributed by atoms with van der Waals surface area (Å²) in [6, 6.07) is 10.2. The Balaban J connectivity index is 1.80. The normalized spacial score (nSPS) is 19.3. The molecule has 0 aliphatic heterocycles. The predicted molar refractivity (Wildman–Crippen MR) is 158 cm³/mol. The summed E-state index contributed by atoms with van der Waals surface area (Å²) in [5.41, 5.74) is -9.27. The fourth-order valence-corrected chi connectivity index (χ4v) is 8.24. The monoisotopic (exact) mass is 719 g/mol. The molecule has 264 valence electrons. The SMILES string of the molecule is CC(C)(C#N)C(=O)CC1CCC(c2ccc(C(OCc3c(F)cccc3F)(C(F)(F)F)C(F)(F)F)cc2)(S(=O)(=O)c2ccc(F)cc2)CC1. The molecule has 0 radical (unpaired) electrons. The molecule has 5 nitrogen and oxygen atoms in total. The van der Waals surface area contributed by atoms with Gasteiger partial charge in [-0.25, -0.2) is 21.6 Å². The van der Waals surface area contributed by atoms with Crippen molar-refractivity contribution in [2.45, 2.75) is 80.2 Å². The lowest BCUT2D eigenvalue weighted by Gasteiger charge is -2.41. The van der Waals surface area contributed by atoms with Crippen LogP contribution >= 0.6 is 0 Å². The minimum Gasteiger partial charge on any atom is -0.349 e. The first kappa shape index (κ1) is 37.9. The van der Waals surface area contributed by atoms with Crippen LogP contribution in [0.1, 0.15) is 62.6 Å². The average Bonchev–Trinajstić information content (AvgIpc) is 3.02. The van der Waals surface area contributed by atoms with E-state index >= 15 is 0 Å². The van der Waals surface area contributed by atoms with Gasteiger partial charge in [0.1, 0.15) is 27.6 Å². The first-order valence-corrected chi connectivity index (χ1v) is 16.4. The van der Waals surface area contributed by atoms with Crippen molar-refractivity contribution in [2.75, 3.05) is 0 Å². The number of carbonyl (C=O) groups excluding carboxylic acids is 1. The van der Waals surface area contributed by atoms with Gasteiger partial charge < -0.3 is 4.74 Å². The lowest BCUT2D eigenvalue weighted by atomic mass is 9.74. The summed E-state index contributed by atoms with van der Waals surface area (Å²) in [7, 11) is -4.50. The van der Waals surface area contributed by atoms with Crippen molar-refractivity contribution in [2.24, 2.45) is 11.3 Å². The van der Waals surface area contributed by atoms with Gasteiger partial charge in [0, 0.05) is 17.5 Å². The van der Waals surface area contributed by atoms with Gasteiger partial charge in [0.15, 0.2) is 15.6 Å². The number of halogens is 9. The number of hydrogen-bond donors (Lipinski definition) is 0. The van der Waals surface area contributed by atoms with Gasteiger partial charge >= 0.3 is 12.4 Å². The largest absolute Gasteiger partial charge is 0.430 e. The van der Waals surface area contributed by atoms with E-state index in [1.807, 2.05) is 6.07 Å². The number of sulfone groups is 1. The Kier molecular flexibility index (Phi) is 10.4. The maximum Gasteiger partial charge on any atom is 0.430 e. The smallest absolute Gasteiger partial charge is 0.349 e. The van der Waals surface area contributed by atoms with Crippen molar-refractivity contribution in [3.8, 4) is 6.07 Å². The average molecular weight is 720 g/mol. The fourth-order valence-electron chi connectivity index (χ4n) is 6.07. The molecule has 0 aromatic heterocycles. The molecule has 0 bridgehead atoms. The van der Waals surface area contributed by atoms with E-state index in [4.69, 9.17) is 0 Å². The molecule has 1 fully saturated rings. The van der Waals surface area contributed by atoms with Crippen LogP contribution in [0.5, 0.6) is 0 Å². The van der Waals surface area contributed by atoms with Crippen molar-refractivity contribution in [3.63, 3.8) is 0 Å². The van der Waals surface area contributed by atoms with E-state index in [-0.39, 0.29) is 54.3 Å². The lowest BCUT2D eigenvalue weighted by molar-refractivity contribution is -0.392. The number of nitrogens with zero attached hydrogens (tertiary/aromatic N) is 1. The zero-order valence-electron chi connectivity index (χ0n) is 26.1. The maximum atomic E-state index is 14.5. The number of ether oxygens (including phenoxy) is 1. The van der Waals surface area contributed by atoms with Crippen LogP contribution in [0.4, 0.5) is 39.5 Å². The van der Waals surface area contributed by atoms with Crippen molar-refractivity contribution in [1.82, 2.24) is 0 Å². The topological polar surface area (TPSA) is 84.2 Å². The molecule has 0 unspecified atom stereocenters. The first-order chi connectivity index (χ1) is 22.6. The van der Waals surface area contributed by atoms with Crippen LogP contribution in [0.3, 0.4) is 0 Å². The zero-order valence-corrected chi connectivity index (χ0v) is 26.9. The highest BCUT2D eigenvalue weighted by atomic mass is 32.2. The van der Waals surface area contributed by atoms with Crippen molar-refractivity contribution < 1.29 is 57.5 Å². The molecule has 0 heterocycles. The molecule has 4 rings (SSSR count). The van der Waals surface area contributed by atoms with Crippen LogP contribution < -0.4 is 0 Å². The van der Waals surface area contributed by atoms with Crippen LogP contribution in [0.15, 0.2) is 71.6 Å². The van der Waals surface area contributed by atoms with Gasteiger partial charge in [0.25, 0.3) is 5.60 Å². The summed E-state index contributed by atoms with van der Waals surface area (Å²) in [4.78, 5) is 12.4. The van der Waals surface area contributed by atoms with E-state index < -0.39 is 73.1 Å². The van der Waals surface area contributed by atoms with E-state index in [1.54, 1.807) is 0 Å². The predicted octanol–water partition coefficient (Wildman–Crippen LogP) is 9.01. The Hall–Kier alpha value is -3.90. The summed E-state index contributed by atoms with van der Waals surface area (Å²) in [6.45, 7) is 1.11. The number of hydrogen-bond acceptors (Lipinski definition) is 5. The maximum absolute atomic E-state index is 14.5. The van der Waals surface area contributed by atoms with Gasteiger partial charge in [-0.05, 0) is 87.4 Å². The molecule has 3 aromatic carbocycles. The molecule has 0 spiro atoms. The standard InChI is InChI=1S/C34H30F9NO4S/c1-30(2,20-44)29(45)18-21-14-16-31(17-15-21,49(46,47)25-12-10-24(35)11-13-25)22-6-8-23(9-7-22)32(33(38,39)40,34(41,42)43)48-19-26-27(36)4-3-5-28(26)37/h3-13,21H,14-19H2,1-2H3. The highest BCUT2D eigenvalue weighted by Crippen LogP contribution is 2.55. The number of carbonyl (C=O) groups is 1. The summed E-state index contributed by atoms with van der Waals surface area (Å²) in [5.74, 6) is -4.40. The number of nitriles is 1. The van der Waals surface area contributed by atoms with E-state index in [0.717, 1.165) is 42.5 Å². The number of Topliss-reactive ketones (excluding diaryl/α,β-unsaturated/α-hetero) is 1. The molecule has 3 aromatic rings. The summed E-state index contributed by atoms with van der Waals surface area (Å²) < 4.78 is 160. The third kappa shape index (κ3) is 6.94. The van der Waals surface area contributed by atoms with E-state index in [9.17, 15) is 58.0 Å². The summed E-state index contributed by atoms with van der Waals surface area (Å²) in [6.07, 6.45) is -12.8. The van der Waals surface area contributed by atoms with Gasteiger partial charge in [0.2, 0.25) is 0 Å². The van der Waals surface area contributed by atoms with Gasteiger partial charge in [-0.2, -0.15) is 31.6 Å². The Morgan fingerprint density at radius 3 is 1.84 bits per heavy atom. The van der Waals surface area contributed by atoms with Crippen LogP contribution in [0.2, 0.25) is 0 Å². The number of rotatable bonds is 10. The van der Waals surface area contributed by atoms with Crippen molar-refractivity contribution >= 4 is 15.6 Å². The molecule has 0 saturated heterocycles. The molecule has 49 heavy (non-hydrogen) atoms. The Labute approximate surface area is 276 Å². The van der Waals surface area contributed by atoms with E-state index in [1.165, 1.54) is 13.8 Å². The Morgan fingerprint density at radius 1 is 0.857 bits per heavy atom. The van der Waals surface area contributed by atoms with Crippen LogP contribution in [-0.2, 0) is 36.3 Å². The van der Waals surface area contributed by atoms with Crippen LogP contribution in [0, 0.1) is 40.1 Å². The number of benzene rings is 3. The molecule has 0 N–H and O–H groups in total. The second-order valence-corrected chi connectivity index (χ2v) is 14.8. The van der Waals surface area contributed by atoms with Gasteiger partial charge in [0.05, 0.1) is 17.6 Å². The highest BCUT2D eigenvalue weighted by molar-refractivity contribution is 7.92. The second-order valence-electron chi connectivity index (χ2n) is 12.5. The minimum atomic E-state index is -6.21. The second kappa shape index (κ2) is 13.4. The Bertz CT molecular complexity index is 1790. The van der Waals surface area contributed by atoms with Crippen LogP contribution in [0.25, 0.3) is 0 Å². The highest BCUT2D eigenvalue weighted by Gasteiger charge is 2.73. The molecule has 1 saturated carbocycles. The summed E-state index contributed by atoms with van der Waals surface area (Å²) in [5, 5.41) is 9.31. The molecular weight excluding hydrogens is 689 g/mol. The van der Waals surface area contributed by atoms with Gasteiger partial charge in [-0.15, -0.1) is 0 Å². The lowest BCUT2D eigenvalue weighted by Crippen LogP contribution is -2.56. The Morgan fingerprint density at radius 2 is 1.37 bits per heavy atom. The number of alkyl halides is 6. The van der Waals surface area contributed by atoms with E-state index in [2.05, 4.69) is 4.74 Å². The molecule has 0 atom stereocenters. The summed E-state index contributed by atoms with van der Waals surface area (Å²) >= 11 is 0. The minimum absolute atomic E-state index is 0.0637. The molecule has 15 heteroatoms. The third-order valence-electron chi connectivity index (χ3n) is 9.11. The molecule has 1 aliphatic carbocycles. The van der Waals surface area contributed by atoms with Crippen molar-refractivity contribution in [1.29, 1.82) is 5.26 Å². The molecular formula is C34H30F9NO4S. The zero-order chi connectivity index (χ0) is 36.6. The first-order valence-electron chi connectivity index (χ1n) is 14.9. The van der Waals surface area contributed by atoms with Crippen LogP contribution in [-0.4, -0.2) is 26.6 Å². The van der Waals surface area contributed by atoms with E-state index in [0.29, 0.717) is 24.3 Å². The third-order valence-corrected chi connectivity index (χ3v) is 11.7. The van der Waals surface area contributed by atoms with Gasteiger partial charge in [-0.3, -0.25) is 4.79 Å². The molecule has 0 amide bonds.